The SMILES string of the molecule is CCCCCCNc1ccccc1C(=O)OC. The summed E-state index contributed by atoms with van der Waals surface area (Å²) in [6.07, 6.45) is 4.85. The van der Waals surface area contributed by atoms with Crippen LogP contribution in [0, 0.1) is 0 Å². The van der Waals surface area contributed by atoms with Crippen LogP contribution in [0.5, 0.6) is 0 Å². The third-order valence-electron chi connectivity index (χ3n) is 2.68. The molecule has 94 valence electrons. The fraction of sp³-hybridized carbons (Fsp3) is 0.500. The number of para-hydroxylation sites is 1. The van der Waals surface area contributed by atoms with Gasteiger partial charge in [-0.1, -0.05) is 38.3 Å². The highest BCUT2D eigenvalue weighted by Crippen LogP contribution is 2.16. The van der Waals surface area contributed by atoms with Gasteiger partial charge in [-0.3, -0.25) is 0 Å². The lowest BCUT2D eigenvalue weighted by Crippen LogP contribution is -2.09. The maximum Gasteiger partial charge on any atom is 0.339 e. The minimum absolute atomic E-state index is 0.290. The summed E-state index contributed by atoms with van der Waals surface area (Å²) in [5.74, 6) is -0.290. The number of ether oxygens (including phenoxy) is 1. The first-order valence-corrected chi connectivity index (χ1v) is 6.20. The van der Waals surface area contributed by atoms with Crippen molar-refractivity contribution < 1.29 is 9.53 Å². The fourth-order valence-electron chi connectivity index (χ4n) is 1.70. The minimum atomic E-state index is -0.290. The zero-order chi connectivity index (χ0) is 12.5. The zero-order valence-electron chi connectivity index (χ0n) is 10.7. The molecule has 0 heterocycles. The van der Waals surface area contributed by atoms with E-state index < -0.39 is 0 Å². The van der Waals surface area contributed by atoms with Crippen LogP contribution in [0.15, 0.2) is 24.3 Å². The van der Waals surface area contributed by atoms with Crippen molar-refractivity contribution in [2.75, 3.05) is 19.0 Å². The smallest absolute Gasteiger partial charge is 0.339 e. The lowest BCUT2D eigenvalue weighted by Gasteiger charge is -2.10. The lowest BCUT2D eigenvalue weighted by molar-refractivity contribution is 0.0602. The molecule has 3 heteroatoms. The van der Waals surface area contributed by atoms with Gasteiger partial charge in [0.05, 0.1) is 12.7 Å². The Kier molecular flexibility index (Phi) is 6.15. The van der Waals surface area contributed by atoms with Crippen molar-refractivity contribution in [3.63, 3.8) is 0 Å². The molecule has 0 aromatic heterocycles. The van der Waals surface area contributed by atoms with Gasteiger partial charge in [0.1, 0.15) is 0 Å². The highest BCUT2D eigenvalue weighted by Gasteiger charge is 2.09. The molecule has 0 saturated carbocycles. The van der Waals surface area contributed by atoms with E-state index in [9.17, 15) is 4.79 Å². The Hall–Kier alpha value is -1.51. The topological polar surface area (TPSA) is 38.3 Å². The van der Waals surface area contributed by atoms with Gasteiger partial charge in [0, 0.05) is 12.2 Å². The van der Waals surface area contributed by atoms with Gasteiger partial charge in [0.15, 0.2) is 0 Å². The van der Waals surface area contributed by atoms with Gasteiger partial charge < -0.3 is 10.1 Å². The van der Waals surface area contributed by atoms with Crippen molar-refractivity contribution in [2.45, 2.75) is 32.6 Å². The van der Waals surface area contributed by atoms with Crippen LogP contribution in [0.2, 0.25) is 0 Å². The average molecular weight is 235 g/mol. The Labute approximate surface area is 103 Å². The molecule has 0 unspecified atom stereocenters. The number of carbonyl (C=O) groups is 1. The Morgan fingerprint density at radius 2 is 2.00 bits per heavy atom. The highest BCUT2D eigenvalue weighted by atomic mass is 16.5. The number of hydrogen-bond donors (Lipinski definition) is 1. The van der Waals surface area contributed by atoms with Crippen molar-refractivity contribution in [2.24, 2.45) is 0 Å². The van der Waals surface area contributed by atoms with Crippen LogP contribution in [0.4, 0.5) is 5.69 Å². The molecule has 0 aliphatic carbocycles. The maximum absolute atomic E-state index is 11.5. The molecule has 1 N–H and O–H groups in total. The van der Waals surface area contributed by atoms with Crippen LogP contribution in [0.3, 0.4) is 0 Å². The van der Waals surface area contributed by atoms with E-state index in [0.29, 0.717) is 5.56 Å². The molecule has 0 aliphatic rings. The molecule has 0 radical (unpaired) electrons. The summed E-state index contributed by atoms with van der Waals surface area (Å²) >= 11 is 0. The first kappa shape index (κ1) is 13.6. The largest absolute Gasteiger partial charge is 0.465 e. The molecular weight excluding hydrogens is 214 g/mol. The van der Waals surface area contributed by atoms with Crippen molar-refractivity contribution in [1.29, 1.82) is 0 Å². The normalized spacial score (nSPS) is 10.0. The van der Waals surface area contributed by atoms with Gasteiger partial charge in [0.25, 0.3) is 0 Å². The number of esters is 1. The number of nitrogens with one attached hydrogen (secondary N) is 1. The van der Waals surface area contributed by atoms with Crippen LogP contribution in [-0.2, 0) is 4.74 Å². The van der Waals surface area contributed by atoms with Gasteiger partial charge in [-0.25, -0.2) is 4.79 Å². The Morgan fingerprint density at radius 3 is 2.71 bits per heavy atom. The molecule has 1 aromatic carbocycles. The predicted molar refractivity (Wildman–Crippen MR) is 70.4 cm³/mol. The number of hydrogen-bond acceptors (Lipinski definition) is 3. The molecule has 1 rings (SSSR count). The third kappa shape index (κ3) is 4.47. The predicted octanol–water partition coefficient (Wildman–Crippen LogP) is 3.47. The molecule has 0 bridgehead atoms. The summed E-state index contributed by atoms with van der Waals surface area (Å²) in [7, 11) is 1.40. The van der Waals surface area contributed by atoms with Gasteiger partial charge in [-0.05, 0) is 18.6 Å². The maximum atomic E-state index is 11.5. The molecule has 0 fully saturated rings. The summed E-state index contributed by atoms with van der Waals surface area (Å²) in [6.45, 7) is 3.09. The molecule has 0 saturated heterocycles. The molecule has 0 aliphatic heterocycles. The Bertz CT molecular complexity index is 350. The van der Waals surface area contributed by atoms with Crippen molar-refractivity contribution >= 4 is 11.7 Å². The third-order valence-corrected chi connectivity index (χ3v) is 2.68. The minimum Gasteiger partial charge on any atom is -0.465 e. The summed E-state index contributed by atoms with van der Waals surface area (Å²) in [6, 6.07) is 7.45. The average Bonchev–Trinajstić information content (AvgIpc) is 2.38. The summed E-state index contributed by atoms with van der Waals surface area (Å²) in [5, 5.41) is 3.29. The molecule has 0 spiro atoms. The molecule has 17 heavy (non-hydrogen) atoms. The standard InChI is InChI=1S/C14H21NO2/c1-3-4-5-8-11-15-13-10-7-6-9-12(13)14(16)17-2/h6-7,9-10,15H,3-5,8,11H2,1-2H3. The summed E-state index contributed by atoms with van der Waals surface area (Å²) in [4.78, 5) is 11.5. The van der Waals surface area contributed by atoms with Crippen LogP contribution in [-0.4, -0.2) is 19.6 Å². The first-order valence-electron chi connectivity index (χ1n) is 6.20. The molecule has 0 atom stereocenters. The van der Waals surface area contributed by atoms with Crippen molar-refractivity contribution in [1.82, 2.24) is 0 Å². The van der Waals surface area contributed by atoms with E-state index in [-0.39, 0.29) is 5.97 Å². The Balaban J connectivity index is 2.49. The lowest BCUT2D eigenvalue weighted by atomic mass is 10.1. The van der Waals surface area contributed by atoms with Gasteiger partial charge in [0.2, 0.25) is 0 Å². The van der Waals surface area contributed by atoms with E-state index in [1.54, 1.807) is 6.07 Å². The molecule has 1 aromatic rings. The van der Waals surface area contributed by atoms with Crippen molar-refractivity contribution in [3.05, 3.63) is 29.8 Å². The summed E-state index contributed by atoms with van der Waals surface area (Å²) in [5.41, 5.74) is 1.46. The van der Waals surface area contributed by atoms with E-state index >= 15 is 0 Å². The van der Waals surface area contributed by atoms with Crippen LogP contribution in [0.1, 0.15) is 43.0 Å². The van der Waals surface area contributed by atoms with Crippen LogP contribution >= 0.6 is 0 Å². The number of rotatable bonds is 7. The number of carbonyl (C=O) groups excluding carboxylic acids is 1. The molecule has 0 amide bonds. The second-order valence-corrected chi connectivity index (χ2v) is 4.02. The second-order valence-electron chi connectivity index (χ2n) is 4.02. The molecular formula is C14H21NO2. The van der Waals surface area contributed by atoms with Gasteiger partial charge in [-0.2, -0.15) is 0 Å². The van der Waals surface area contributed by atoms with E-state index in [1.165, 1.54) is 26.4 Å². The van der Waals surface area contributed by atoms with Crippen molar-refractivity contribution in [3.8, 4) is 0 Å². The molecule has 3 nitrogen and oxygen atoms in total. The monoisotopic (exact) mass is 235 g/mol. The fourth-order valence-corrected chi connectivity index (χ4v) is 1.70. The van der Waals surface area contributed by atoms with E-state index in [2.05, 4.69) is 12.2 Å². The first-order chi connectivity index (χ1) is 8.29. The quantitative estimate of drug-likeness (QED) is 0.581. The second kappa shape index (κ2) is 7.71. The number of benzene rings is 1. The van der Waals surface area contributed by atoms with Gasteiger partial charge >= 0.3 is 5.97 Å². The Morgan fingerprint density at radius 1 is 1.24 bits per heavy atom. The zero-order valence-corrected chi connectivity index (χ0v) is 10.7. The van der Waals surface area contributed by atoms with E-state index in [4.69, 9.17) is 4.74 Å². The van der Waals surface area contributed by atoms with Crippen LogP contribution < -0.4 is 5.32 Å². The van der Waals surface area contributed by atoms with Gasteiger partial charge in [-0.15, -0.1) is 0 Å². The number of anilines is 1. The number of unbranched alkanes of at least 4 members (excludes halogenated alkanes) is 3. The van der Waals surface area contributed by atoms with E-state index in [1.807, 2.05) is 18.2 Å². The highest BCUT2D eigenvalue weighted by molar-refractivity contribution is 5.95. The van der Waals surface area contributed by atoms with E-state index in [0.717, 1.165) is 18.7 Å². The number of methoxy groups -OCH3 is 1. The van der Waals surface area contributed by atoms with Crippen LogP contribution in [0.25, 0.3) is 0 Å². The summed E-state index contributed by atoms with van der Waals surface area (Å²) < 4.78 is 4.74.